The highest BCUT2D eigenvalue weighted by molar-refractivity contribution is 9.11. The Balaban J connectivity index is 2.21. The number of aliphatic hydroxyl groups excluding tert-OH is 1. The molecule has 0 saturated heterocycles. The summed E-state index contributed by atoms with van der Waals surface area (Å²) in [6.45, 7) is 0.419. The fraction of sp³-hybridized carbons (Fsp3) is 0.533. The van der Waals surface area contributed by atoms with E-state index in [-0.39, 0.29) is 18.6 Å². The van der Waals surface area contributed by atoms with Crippen molar-refractivity contribution >= 4 is 37.8 Å². The molecule has 1 N–H and O–H groups in total. The van der Waals surface area contributed by atoms with Gasteiger partial charge in [0.15, 0.2) is 0 Å². The average molecular weight is 405 g/mol. The normalized spacial score (nSPS) is 16.1. The molecule has 1 aromatic carbocycles. The van der Waals surface area contributed by atoms with E-state index in [1.54, 1.807) is 0 Å². The van der Waals surface area contributed by atoms with E-state index in [1.165, 1.54) is 19.3 Å². The lowest BCUT2D eigenvalue weighted by Gasteiger charge is -2.34. The summed E-state index contributed by atoms with van der Waals surface area (Å²) in [5, 5.41) is 9.26. The summed E-state index contributed by atoms with van der Waals surface area (Å²) in [6.07, 6.45) is 5.67. The third-order valence-electron chi connectivity index (χ3n) is 3.78. The van der Waals surface area contributed by atoms with E-state index in [1.807, 2.05) is 23.1 Å². The van der Waals surface area contributed by atoms with E-state index < -0.39 is 0 Å². The Morgan fingerprint density at radius 2 is 1.95 bits per heavy atom. The van der Waals surface area contributed by atoms with Crippen LogP contribution in [0.3, 0.4) is 0 Å². The molecule has 0 unspecified atom stereocenters. The van der Waals surface area contributed by atoms with Crippen LogP contribution in [-0.2, 0) is 0 Å². The molecular formula is C15H19Br2NO2. The highest BCUT2D eigenvalue weighted by Gasteiger charge is 2.26. The molecule has 20 heavy (non-hydrogen) atoms. The summed E-state index contributed by atoms with van der Waals surface area (Å²) in [5.41, 5.74) is 0.659. The van der Waals surface area contributed by atoms with Crippen LogP contribution in [0, 0.1) is 0 Å². The molecule has 0 heterocycles. The Morgan fingerprint density at radius 1 is 1.25 bits per heavy atom. The summed E-state index contributed by atoms with van der Waals surface area (Å²) in [6, 6.07) is 5.84. The minimum absolute atomic E-state index is 0.00493. The Bertz CT molecular complexity index is 473. The number of carbonyl (C=O) groups is 1. The van der Waals surface area contributed by atoms with Gasteiger partial charge in [0.25, 0.3) is 5.91 Å². The number of rotatable bonds is 4. The van der Waals surface area contributed by atoms with Gasteiger partial charge in [-0.3, -0.25) is 4.79 Å². The van der Waals surface area contributed by atoms with Crippen LogP contribution in [0.5, 0.6) is 0 Å². The first-order valence-corrected chi connectivity index (χ1v) is 8.59. The van der Waals surface area contributed by atoms with Gasteiger partial charge in [0.2, 0.25) is 0 Å². The maximum absolute atomic E-state index is 12.7. The van der Waals surface area contributed by atoms with Gasteiger partial charge in [-0.15, -0.1) is 0 Å². The number of hydrogen-bond donors (Lipinski definition) is 1. The van der Waals surface area contributed by atoms with Gasteiger partial charge in [0, 0.05) is 21.5 Å². The van der Waals surface area contributed by atoms with Crippen molar-refractivity contribution in [2.75, 3.05) is 13.2 Å². The Kier molecular flexibility index (Phi) is 6.05. The van der Waals surface area contributed by atoms with E-state index in [0.29, 0.717) is 12.1 Å². The fourth-order valence-electron chi connectivity index (χ4n) is 2.77. The first-order chi connectivity index (χ1) is 9.63. The van der Waals surface area contributed by atoms with Gasteiger partial charge in [0.05, 0.1) is 12.2 Å². The molecule has 2 rings (SSSR count). The van der Waals surface area contributed by atoms with Crippen LogP contribution in [0.2, 0.25) is 0 Å². The highest BCUT2D eigenvalue weighted by Crippen LogP contribution is 2.27. The van der Waals surface area contributed by atoms with Crippen LogP contribution < -0.4 is 0 Å². The zero-order valence-corrected chi connectivity index (χ0v) is 14.5. The molecule has 110 valence electrons. The number of carbonyl (C=O) groups excluding carboxylic acids is 1. The Hall–Kier alpha value is -0.390. The molecular weight excluding hydrogens is 386 g/mol. The first-order valence-electron chi connectivity index (χ1n) is 7.00. The van der Waals surface area contributed by atoms with Crippen molar-refractivity contribution < 1.29 is 9.90 Å². The van der Waals surface area contributed by atoms with Gasteiger partial charge in [-0.05, 0) is 47.0 Å². The third kappa shape index (κ3) is 3.83. The van der Waals surface area contributed by atoms with Crippen LogP contribution >= 0.6 is 31.9 Å². The molecule has 0 aliphatic heterocycles. The van der Waals surface area contributed by atoms with Gasteiger partial charge < -0.3 is 10.0 Å². The molecule has 0 bridgehead atoms. The maximum atomic E-state index is 12.7. The third-order valence-corrected chi connectivity index (χ3v) is 4.93. The van der Waals surface area contributed by atoms with Crippen LogP contribution in [-0.4, -0.2) is 35.1 Å². The molecule has 1 aliphatic carbocycles. The van der Waals surface area contributed by atoms with Gasteiger partial charge >= 0.3 is 0 Å². The molecule has 1 aromatic rings. The molecule has 3 nitrogen and oxygen atoms in total. The zero-order chi connectivity index (χ0) is 14.5. The predicted molar refractivity (Wildman–Crippen MR) is 86.8 cm³/mol. The van der Waals surface area contributed by atoms with Crippen molar-refractivity contribution in [2.24, 2.45) is 0 Å². The molecule has 0 spiro atoms. The molecule has 1 aliphatic rings. The number of aliphatic hydroxyl groups is 1. The number of benzene rings is 1. The maximum Gasteiger partial charge on any atom is 0.255 e. The summed E-state index contributed by atoms with van der Waals surface area (Å²) in [7, 11) is 0. The van der Waals surface area contributed by atoms with E-state index in [0.717, 1.165) is 21.8 Å². The van der Waals surface area contributed by atoms with Crippen LogP contribution in [0.25, 0.3) is 0 Å². The minimum Gasteiger partial charge on any atom is -0.395 e. The van der Waals surface area contributed by atoms with Crippen molar-refractivity contribution in [1.82, 2.24) is 4.90 Å². The average Bonchev–Trinajstić information content (AvgIpc) is 2.45. The second-order valence-corrected chi connectivity index (χ2v) is 6.91. The SMILES string of the molecule is O=C(c1ccc(Br)cc1Br)N(CCO)C1CCCCC1. The molecule has 1 amide bonds. The van der Waals surface area contributed by atoms with Gasteiger partial charge in [-0.25, -0.2) is 0 Å². The standard InChI is InChI=1S/C15H19Br2NO2/c16-11-6-7-13(14(17)10-11)15(20)18(8-9-19)12-4-2-1-3-5-12/h6-7,10,12,19H,1-5,8-9H2. The second kappa shape index (κ2) is 7.57. The lowest BCUT2D eigenvalue weighted by atomic mass is 9.93. The van der Waals surface area contributed by atoms with Crippen molar-refractivity contribution in [3.05, 3.63) is 32.7 Å². The van der Waals surface area contributed by atoms with Crippen LogP contribution in [0.4, 0.5) is 0 Å². The summed E-state index contributed by atoms with van der Waals surface area (Å²) >= 11 is 6.85. The molecule has 1 fully saturated rings. The summed E-state index contributed by atoms with van der Waals surface area (Å²) in [5.74, 6) is 0.00493. The number of amides is 1. The lowest BCUT2D eigenvalue weighted by Crippen LogP contribution is -2.43. The Morgan fingerprint density at radius 3 is 2.55 bits per heavy atom. The lowest BCUT2D eigenvalue weighted by molar-refractivity contribution is 0.0584. The van der Waals surface area contributed by atoms with E-state index in [9.17, 15) is 9.90 Å². The topological polar surface area (TPSA) is 40.5 Å². The molecule has 0 radical (unpaired) electrons. The number of nitrogens with zero attached hydrogens (tertiary/aromatic N) is 1. The molecule has 5 heteroatoms. The van der Waals surface area contributed by atoms with E-state index in [4.69, 9.17) is 0 Å². The quantitative estimate of drug-likeness (QED) is 0.824. The van der Waals surface area contributed by atoms with Crippen LogP contribution in [0.1, 0.15) is 42.5 Å². The van der Waals surface area contributed by atoms with Crippen molar-refractivity contribution in [3.8, 4) is 0 Å². The highest BCUT2D eigenvalue weighted by atomic mass is 79.9. The summed E-state index contributed by atoms with van der Waals surface area (Å²) < 4.78 is 1.72. The van der Waals surface area contributed by atoms with Crippen molar-refractivity contribution in [2.45, 2.75) is 38.1 Å². The Labute approximate surface area is 136 Å². The molecule has 0 atom stereocenters. The van der Waals surface area contributed by atoms with Crippen LogP contribution in [0.15, 0.2) is 27.1 Å². The van der Waals surface area contributed by atoms with E-state index >= 15 is 0 Å². The van der Waals surface area contributed by atoms with Crippen molar-refractivity contribution in [3.63, 3.8) is 0 Å². The van der Waals surface area contributed by atoms with Gasteiger partial charge in [0.1, 0.15) is 0 Å². The van der Waals surface area contributed by atoms with Gasteiger partial charge in [-0.2, -0.15) is 0 Å². The fourth-order valence-corrected chi connectivity index (χ4v) is 3.98. The largest absolute Gasteiger partial charge is 0.395 e. The predicted octanol–water partition coefficient (Wildman–Crippen LogP) is 3.98. The number of hydrogen-bond acceptors (Lipinski definition) is 2. The number of halogens is 2. The second-order valence-electron chi connectivity index (χ2n) is 5.14. The molecule has 0 aromatic heterocycles. The first kappa shape index (κ1) is 16.0. The van der Waals surface area contributed by atoms with Gasteiger partial charge in [-0.1, -0.05) is 35.2 Å². The summed E-state index contributed by atoms with van der Waals surface area (Å²) in [4.78, 5) is 14.6. The zero-order valence-electron chi connectivity index (χ0n) is 11.3. The molecule has 1 saturated carbocycles. The van der Waals surface area contributed by atoms with E-state index in [2.05, 4.69) is 31.9 Å². The van der Waals surface area contributed by atoms with Crippen molar-refractivity contribution in [1.29, 1.82) is 0 Å². The minimum atomic E-state index is 0.00493. The smallest absolute Gasteiger partial charge is 0.255 e. The monoisotopic (exact) mass is 403 g/mol.